The van der Waals surface area contributed by atoms with Crippen LogP contribution in [0.5, 0.6) is 0 Å². The first kappa shape index (κ1) is 8.06. The summed E-state index contributed by atoms with van der Waals surface area (Å²) < 4.78 is 0. The highest BCUT2D eigenvalue weighted by atomic mass is 14.8. The van der Waals surface area contributed by atoms with Crippen LogP contribution in [0.15, 0.2) is 0 Å². The highest BCUT2D eigenvalue weighted by Crippen LogP contribution is 2.34. The van der Waals surface area contributed by atoms with Gasteiger partial charge in [-0.1, -0.05) is 13.8 Å². The van der Waals surface area contributed by atoms with Crippen molar-refractivity contribution in [2.45, 2.75) is 26.7 Å². The topological polar surface area (TPSA) is 12.0 Å². The maximum absolute atomic E-state index is 3.26. The van der Waals surface area contributed by atoms with E-state index in [9.17, 15) is 0 Å². The lowest BCUT2D eigenvalue weighted by molar-refractivity contribution is 0.404. The molecule has 0 bridgehead atoms. The molecule has 1 aliphatic carbocycles. The Balaban J connectivity index is 2.31. The Morgan fingerprint density at radius 1 is 1.30 bits per heavy atom. The summed E-state index contributed by atoms with van der Waals surface area (Å²) in [6, 6.07) is 0. The SMILES string of the molecule is CNCC1CC(C)CC1C. The van der Waals surface area contributed by atoms with Gasteiger partial charge in [-0.3, -0.25) is 0 Å². The monoisotopic (exact) mass is 141 g/mol. The molecule has 1 saturated carbocycles. The molecule has 3 atom stereocenters. The summed E-state index contributed by atoms with van der Waals surface area (Å²) in [4.78, 5) is 0. The Bertz CT molecular complexity index is 101. The maximum Gasteiger partial charge on any atom is -0.00209 e. The molecular formula is C9H19N. The summed E-state index contributed by atoms with van der Waals surface area (Å²) in [5, 5.41) is 3.26. The van der Waals surface area contributed by atoms with Crippen LogP contribution in [0.1, 0.15) is 26.7 Å². The molecule has 1 nitrogen and oxygen atoms in total. The van der Waals surface area contributed by atoms with E-state index in [1.54, 1.807) is 0 Å². The molecule has 1 rings (SSSR count). The fraction of sp³-hybridized carbons (Fsp3) is 1.00. The zero-order valence-electron chi connectivity index (χ0n) is 7.35. The van der Waals surface area contributed by atoms with E-state index in [1.807, 2.05) is 0 Å². The zero-order chi connectivity index (χ0) is 7.56. The third-order valence-electron chi connectivity index (χ3n) is 2.75. The first-order chi connectivity index (χ1) is 4.74. The Morgan fingerprint density at radius 2 is 2.00 bits per heavy atom. The van der Waals surface area contributed by atoms with Gasteiger partial charge < -0.3 is 5.32 Å². The molecule has 0 aromatic heterocycles. The van der Waals surface area contributed by atoms with Crippen molar-refractivity contribution in [1.82, 2.24) is 5.32 Å². The molecule has 0 aromatic carbocycles. The van der Waals surface area contributed by atoms with Crippen molar-refractivity contribution in [1.29, 1.82) is 0 Å². The van der Waals surface area contributed by atoms with E-state index >= 15 is 0 Å². The first-order valence-electron chi connectivity index (χ1n) is 4.38. The van der Waals surface area contributed by atoms with Crippen LogP contribution >= 0.6 is 0 Å². The molecule has 10 heavy (non-hydrogen) atoms. The highest BCUT2D eigenvalue weighted by molar-refractivity contribution is 4.79. The minimum Gasteiger partial charge on any atom is -0.319 e. The van der Waals surface area contributed by atoms with Crippen LogP contribution in [0.3, 0.4) is 0 Å². The fourth-order valence-electron chi connectivity index (χ4n) is 2.22. The highest BCUT2D eigenvalue weighted by Gasteiger charge is 2.27. The number of rotatable bonds is 2. The van der Waals surface area contributed by atoms with Crippen molar-refractivity contribution in [3.05, 3.63) is 0 Å². The van der Waals surface area contributed by atoms with Crippen LogP contribution in [0.4, 0.5) is 0 Å². The van der Waals surface area contributed by atoms with Crippen molar-refractivity contribution in [3.8, 4) is 0 Å². The molecule has 0 spiro atoms. The molecule has 1 aliphatic rings. The van der Waals surface area contributed by atoms with E-state index in [2.05, 4.69) is 26.2 Å². The third kappa shape index (κ3) is 1.72. The predicted molar refractivity (Wildman–Crippen MR) is 45.0 cm³/mol. The van der Waals surface area contributed by atoms with Crippen LogP contribution in [0, 0.1) is 17.8 Å². The molecule has 3 unspecified atom stereocenters. The first-order valence-corrected chi connectivity index (χ1v) is 4.38. The van der Waals surface area contributed by atoms with Crippen LogP contribution in [-0.4, -0.2) is 13.6 Å². The van der Waals surface area contributed by atoms with Gasteiger partial charge in [0, 0.05) is 0 Å². The summed E-state index contributed by atoms with van der Waals surface area (Å²) >= 11 is 0. The molecule has 1 heteroatoms. The van der Waals surface area contributed by atoms with Gasteiger partial charge in [-0.15, -0.1) is 0 Å². The van der Waals surface area contributed by atoms with Crippen molar-refractivity contribution >= 4 is 0 Å². The van der Waals surface area contributed by atoms with Crippen molar-refractivity contribution < 1.29 is 0 Å². The largest absolute Gasteiger partial charge is 0.319 e. The number of nitrogens with one attached hydrogen (secondary N) is 1. The molecule has 0 saturated heterocycles. The normalized spacial score (nSPS) is 40.5. The van der Waals surface area contributed by atoms with Gasteiger partial charge in [0.25, 0.3) is 0 Å². The summed E-state index contributed by atoms with van der Waals surface area (Å²) in [5.74, 6) is 2.86. The zero-order valence-corrected chi connectivity index (χ0v) is 7.35. The Labute approximate surface area is 64.2 Å². The van der Waals surface area contributed by atoms with Crippen molar-refractivity contribution in [2.24, 2.45) is 17.8 Å². The molecule has 60 valence electrons. The average Bonchev–Trinajstić information content (AvgIpc) is 2.13. The Morgan fingerprint density at radius 3 is 2.40 bits per heavy atom. The molecule has 0 aromatic rings. The van der Waals surface area contributed by atoms with Gasteiger partial charge in [-0.2, -0.15) is 0 Å². The minimum atomic E-state index is 0.944. The molecular weight excluding hydrogens is 122 g/mol. The Kier molecular flexibility index (Phi) is 2.72. The smallest absolute Gasteiger partial charge is 0.00209 e. The number of hydrogen-bond acceptors (Lipinski definition) is 1. The van der Waals surface area contributed by atoms with Gasteiger partial charge in [-0.25, -0.2) is 0 Å². The summed E-state index contributed by atoms with van der Waals surface area (Å²) in [5.41, 5.74) is 0. The molecule has 1 N–H and O–H groups in total. The second-order valence-electron chi connectivity index (χ2n) is 3.87. The molecule has 0 heterocycles. The van der Waals surface area contributed by atoms with Gasteiger partial charge in [0.05, 0.1) is 0 Å². The standard InChI is InChI=1S/C9H19N/c1-7-4-8(2)9(5-7)6-10-3/h7-10H,4-6H2,1-3H3. The fourth-order valence-corrected chi connectivity index (χ4v) is 2.22. The van der Waals surface area contributed by atoms with Gasteiger partial charge in [0.1, 0.15) is 0 Å². The van der Waals surface area contributed by atoms with E-state index in [1.165, 1.54) is 19.4 Å². The van der Waals surface area contributed by atoms with Crippen molar-refractivity contribution in [3.63, 3.8) is 0 Å². The molecule has 0 radical (unpaired) electrons. The van der Waals surface area contributed by atoms with E-state index in [0.29, 0.717) is 0 Å². The third-order valence-corrected chi connectivity index (χ3v) is 2.75. The van der Waals surface area contributed by atoms with Crippen LogP contribution in [0.2, 0.25) is 0 Å². The van der Waals surface area contributed by atoms with E-state index in [-0.39, 0.29) is 0 Å². The summed E-state index contributed by atoms with van der Waals surface area (Å²) in [6.07, 6.45) is 2.87. The van der Waals surface area contributed by atoms with E-state index in [0.717, 1.165) is 17.8 Å². The summed E-state index contributed by atoms with van der Waals surface area (Å²) in [6.45, 7) is 5.96. The van der Waals surface area contributed by atoms with E-state index < -0.39 is 0 Å². The van der Waals surface area contributed by atoms with Crippen molar-refractivity contribution in [2.75, 3.05) is 13.6 Å². The quantitative estimate of drug-likeness (QED) is 0.619. The molecule has 0 aliphatic heterocycles. The average molecular weight is 141 g/mol. The summed E-state index contributed by atoms with van der Waals surface area (Å²) in [7, 11) is 2.05. The van der Waals surface area contributed by atoms with Gasteiger partial charge in [0.15, 0.2) is 0 Å². The second-order valence-corrected chi connectivity index (χ2v) is 3.87. The minimum absolute atomic E-state index is 0.944. The van der Waals surface area contributed by atoms with Gasteiger partial charge >= 0.3 is 0 Å². The van der Waals surface area contributed by atoms with E-state index in [4.69, 9.17) is 0 Å². The van der Waals surface area contributed by atoms with Crippen LogP contribution in [0.25, 0.3) is 0 Å². The van der Waals surface area contributed by atoms with Gasteiger partial charge in [-0.05, 0) is 44.2 Å². The lowest BCUT2D eigenvalue weighted by Gasteiger charge is -2.13. The van der Waals surface area contributed by atoms with Crippen LogP contribution in [-0.2, 0) is 0 Å². The lowest BCUT2D eigenvalue weighted by Crippen LogP contribution is -2.20. The maximum atomic E-state index is 3.26. The Hall–Kier alpha value is -0.0400. The molecule has 1 fully saturated rings. The molecule has 0 amide bonds. The lowest BCUT2D eigenvalue weighted by atomic mass is 9.98. The number of hydrogen-bond donors (Lipinski definition) is 1. The predicted octanol–water partition coefficient (Wildman–Crippen LogP) is 1.89. The second kappa shape index (κ2) is 3.38. The van der Waals surface area contributed by atoms with Gasteiger partial charge in [0.2, 0.25) is 0 Å². The van der Waals surface area contributed by atoms with Crippen LogP contribution < -0.4 is 5.32 Å².